The van der Waals surface area contributed by atoms with Crippen molar-refractivity contribution in [3.63, 3.8) is 0 Å². The van der Waals surface area contributed by atoms with Gasteiger partial charge in [-0.15, -0.1) is 12.4 Å². The number of hydrogen-bond acceptors (Lipinski definition) is 7. The van der Waals surface area contributed by atoms with Gasteiger partial charge in [-0.1, -0.05) is 41.0 Å². The molecule has 2 heterocycles. The highest BCUT2D eigenvalue weighted by molar-refractivity contribution is 6.33. The molecule has 0 spiro atoms. The maximum atomic E-state index is 14.4. The van der Waals surface area contributed by atoms with Crippen LogP contribution in [0.15, 0.2) is 59.3 Å². The van der Waals surface area contributed by atoms with E-state index in [1.807, 2.05) is 6.07 Å². The molecule has 0 aliphatic rings. The average molecular weight is 533 g/mol. The third kappa shape index (κ3) is 6.37. The minimum Gasteiger partial charge on any atom is -0.481 e. The highest BCUT2D eigenvalue weighted by Gasteiger charge is 2.16. The van der Waals surface area contributed by atoms with Gasteiger partial charge in [0.25, 0.3) is 5.89 Å². The minimum atomic E-state index is -0.856. The monoisotopic (exact) mass is 532 g/mol. The van der Waals surface area contributed by atoms with E-state index in [0.29, 0.717) is 46.3 Å². The summed E-state index contributed by atoms with van der Waals surface area (Å²) < 4.78 is 25.1. The molecule has 2 aromatic heterocycles. The van der Waals surface area contributed by atoms with E-state index < -0.39 is 5.97 Å². The predicted octanol–water partition coefficient (Wildman–Crippen LogP) is 6.10. The lowest BCUT2D eigenvalue weighted by Crippen LogP contribution is -2.06. The van der Waals surface area contributed by atoms with E-state index in [1.165, 1.54) is 6.07 Å². The molecule has 0 saturated heterocycles. The fraction of sp³-hybridized carbons (Fsp3) is 0.200. The molecule has 0 atom stereocenters. The number of anilines is 1. The fourth-order valence-corrected chi connectivity index (χ4v) is 3.77. The van der Waals surface area contributed by atoms with Crippen LogP contribution in [-0.2, 0) is 16.1 Å². The van der Waals surface area contributed by atoms with Crippen LogP contribution >= 0.6 is 24.0 Å². The molecule has 188 valence electrons. The lowest BCUT2D eigenvalue weighted by Gasteiger charge is -2.11. The molecule has 2 aromatic carbocycles. The summed E-state index contributed by atoms with van der Waals surface area (Å²) in [5, 5.41) is 16.1. The van der Waals surface area contributed by atoms with Crippen molar-refractivity contribution in [1.82, 2.24) is 15.1 Å². The Labute approximate surface area is 217 Å². The fourth-order valence-electron chi connectivity index (χ4n) is 3.54. The number of halogens is 3. The number of hydrogen-bond donors (Lipinski definition) is 2. The first-order chi connectivity index (χ1) is 17.0. The van der Waals surface area contributed by atoms with Gasteiger partial charge in [0.2, 0.25) is 5.82 Å². The Hall–Kier alpha value is -3.53. The summed E-state index contributed by atoms with van der Waals surface area (Å²) in [7, 11) is 1.57. The number of benzene rings is 2. The van der Waals surface area contributed by atoms with Crippen LogP contribution < -0.4 is 5.32 Å². The smallest absolute Gasteiger partial charge is 0.303 e. The molecule has 4 aromatic rings. The maximum absolute atomic E-state index is 14.4. The van der Waals surface area contributed by atoms with Gasteiger partial charge in [-0.25, -0.2) is 9.37 Å². The Balaban J connectivity index is 0.00000361. The average Bonchev–Trinajstić information content (AvgIpc) is 3.34. The second-order valence-corrected chi connectivity index (χ2v) is 8.09. The number of carbonyl (C=O) groups is 1. The van der Waals surface area contributed by atoms with Crippen molar-refractivity contribution in [2.45, 2.75) is 19.4 Å². The van der Waals surface area contributed by atoms with E-state index in [2.05, 4.69) is 20.4 Å². The molecule has 0 amide bonds. The number of nitrogens with one attached hydrogen (secondary N) is 1. The SMILES string of the molecule is COCc1cc(-c2nc(-c3cnc(NCCCC(=O)O)c(Cl)c3)no2)ccc1-c1ccccc1F.Cl. The number of methoxy groups -OCH3 is 1. The second-order valence-electron chi connectivity index (χ2n) is 7.69. The van der Waals surface area contributed by atoms with Crippen LogP contribution in [0, 0.1) is 5.82 Å². The van der Waals surface area contributed by atoms with Crippen LogP contribution in [0.25, 0.3) is 34.0 Å². The zero-order chi connectivity index (χ0) is 24.8. The van der Waals surface area contributed by atoms with E-state index in [-0.39, 0.29) is 37.1 Å². The van der Waals surface area contributed by atoms with Gasteiger partial charge < -0.3 is 19.7 Å². The van der Waals surface area contributed by atoms with Crippen LogP contribution in [0.5, 0.6) is 0 Å². The van der Waals surface area contributed by atoms with Crippen LogP contribution in [-0.4, -0.2) is 39.9 Å². The predicted molar refractivity (Wildman–Crippen MR) is 137 cm³/mol. The Morgan fingerprint density at radius 2 is 1.97 bits per heavy atom. The van der Waals surface area contributed by atoms with Crippen molar-refractivity contribution in [2.24, 2.45) is 0 Å². The summed E-state index contributed by atoms with van der Waals surface area (Å²) in [6.07, 6.45) is 2.06. The zero-order valence-electron chi connectivity index (χ0n) is 19.2. The summed E-state index contributed by atoms with van der Waals surface area (Å²) in [4.78, 5) is 19.4. The molecule has 36 heavy (non-hydrogen) atoms. The minimum absolute atomic E-state index is 0. The topological polar surface area (TPSA) is 110 Å². The molecule has 11 heteroatoms. The first-order valence-corrected chi connectivity index (χ1v) is 11.2. The van der Waals surface area contributed by atoms with Crippen molar-refractivity contribution >= 4 is 35.8 Å². The number of nitrogens with zero attached hydrogens (tertiary/aromatic N) is 3. The molecular formula is C25H23Cl2FN4O4. The van der Waals surface area contributed by atoms with Crippen LogP contribution in [0.2, 0.25) is 5.02 Å². The number of carboxylic acid groups (broad SMARTS) is 1. The summed E-state index contributed by atoms with van der Waals surface area (Å²) in [5.41, 5.74) is 3.19. The molecule has 0 radical (unpaired) electrons. The highest BCUT2D eigenvalue weighted by atomic mass is 35.5. The van der Waals surface area contributed by atoms with Crippen molar-refractivity contribution in [3.8, 4) is 34.0 Å². The Morgan fingerprint density at radius 3 is 2.69 bits per heavy atom. The van der Waals surface area contributed by atoms with E-state index >= 15 is 0 Å². The molecule has 0 saturated carbocycles. The zero-order valence-corrected chi connectivity index (χ0v) is 20.8. The van der Waals surface area contributed by atoms with E-state index in [4.69, 9.17) is 26.0 Å². The number of aromatic nitrogens is 3. The molecule has 8 nitrogen and oxygen atoms in total. The van der Waals surface area contributed by atoms with Gasteiger partial charge >= 0.3 is 5.97 Å². The summed E-state index contributed by atoms with van der Waals surface area (Å²) in [6.45, 7) is 0.705. The number of aliphatic carboxylic acids is 1. The van der Waals surface area contributed by atoms with Gasteiger partial charge in [0, 0.05) is 43.0 Å². The standard InChI is InChI=1S/C25H22ClFN4O4.ClH/c1-34-14-17-11-15(8-9-18(17)19-5-2-3-6-21(19)27)25-30-23(31-35-25)16-12-20(26)24(29-13-16)28-10-4-7-22(32)33;/h2-3,5-6,8-9,11-13H,4,7,10,14H2,1H3,(H,28,29)(H,32,33);1H. The highest BCUT2D eigenvalue weighted by Crippen LogP contribution is 2.32. The second kappa shape index (κ2) is 12.4. The summed E-state index contributed by atoms with van der Waals surface area (Å²) in [6, 6.07) is 13.6. The lowest BCUT2D eigenvalue weighted by atomic mass is 9.97. The van der Waals surface area contributed by atoms with Crippen LogP contribution in [0.4, 0.5) is 10.2 Å². The number of carboxylic acids is 1. The third-order valence-electron chi connectivity index (χ3n) is 5.20. The largest absolute Gasteiger partial charge is 0.481 e. The van der Waals surface area contributed by atoms with E-state index in [0.717, 1.165) is 11.1 Å². The van der Waals surface area contributed by atoms with Gasteiger partial charge in [-0.05, 0) is 41.8 Å². The molecule has 0 aliphatic heterocycles. The Morgan fingerprint density at radius 1 is 1.17 bits per heavy atom. The lowest BCUT2D eigenvalue weighted by molar-refractivity contribution is -0.137. The van der Waals surface area contributed by atoms with Gasteiger partial charge in [-0.2, -0.15) is 4.98 Å². The van der Waals surface area contributed by atoms with Crippen molar-refractivity contribution in [3.05, 3.63) is 71.1 Å². The van der Waals surface area contributed by atoms with Gasteiger partial charge in [-0.3, -0.25) is 4.79 Å². The number of ether oxygens (including phenoxy) is 1. The van der Waals surface area contributed by atoms with E-state index in [9.17, 15) is 9.18 Å². The van der Waals surface area contributed by atoms with Gasteiger partial charge in [0.05, 0.1) is 11.6 Å². The van der Waals surface area contributed by atoms with Gasteiger partial charge in [0.15, 0.2) is 0 Å². The summed E-state index contributed by atoms with van der Waals surface area (Å²) in [5.74, 6) is -0.146. The normalized spacial score (nSPS) is 10.6. The molecule has 0 fully saturated rings. The van der Waals surface area contributed by atoms with Crippen molar-refractivity contribution in [2.75, 3.05) is 19.0 Å². The first kappa shape index (κ1) is 27.1. The van der Waals surface area contributed by atoms with Crippen LogP contribution in [0.3, 0.4) is 0 Å². The maximum Gasteiger partial charge on any atom is 0.303 e. The Kier molecular flexibility index (Phi) is 9.35. The Bertz CT molecular complexity index is 1350. The third-order valence-corrected chi connectivity index (χ3v) is 5.49. The first-order valence-electron chi connectivity index (χ1n) is 10.8. The molecule has 0 aliphatic carbocycles. The van der Waals surface area contributed by atoms with Crippen molar-refractivity contribution in [1.29, 1.82) is 0 Å². The quantitative estimate of drug-likeness (QED) is 0.235. The van der Waals surface area contributed by atoms with Crippen molar-refractivity contribution < 1.29 is 23.6 Å². The van der Waals surface area contributed by atoms with E-state index in [1.54, 1.807) is 49.7 Å². The molecule has 4 rings (SSSR count). The molecule has 0 unspecified atom stereocenters. The van der Waals surface area contributed by atoms with Gasteiger partial charge in [0.1, 0.15) is 11.6 Å². The number of pyridine rings is 1. The molecule has 0 bridgehead atoms. The molecule has 2 N–H and O–H groups in total. The molecular weight excluding hydrogens is 510 g/mol. The van der Waals surface area contributed by atoms with Crippen LogP contribution in [0.1, 0.15) is 18.4 Å². The number of rotatable bonds is 10. The summed E-state index contributed by atoms with van der Waals surface area (Å²) >= 11 is 6.32.